The standard InChI is InChI=1S/C22H28O2/c1-16-4-6-19(7-5-16)8-9-20-10-12-21(13-11-20)24-22-14-17(2)23-18(3)15-22/h4-7,10-13,17-18,22H,8-9,14-15H2,1-3H3. The van der Waals surface area contributed by atoms with Gasteiger partial charge >= 0.3 is 0 Å². The predicted octanol–water partition coefficient (Wildman–Crippen LogP) is 5.12. The van der Waals surface area contributed by atoms with Gasteiger partial charge in [-0.2, -0.15) is 0 Å². The normalized spacial score (nSPS) is 23.9. The summed E-state index contributed by atoms with van der Waals surface area (Å²) in [6, 6.07) is 17.4. The highest BCUT2D eigenvalue weighted by atomic mass is 16.5. The summed E-state index contributed by atoms with van der Waals surface area (Å²) >= 11 is 0. The second-order valence-electron chi connectivity index (χ2n) is 7.10. The number of aryl methyl sites for hydroxylation is 3. The van der Waals surface area contributed by atoms with Gasteiger partial charge in [-0.1, -0.05) is 42.0 Å². The van der Waals surface area contributed by atoms with Crippen LogP contribution in [0.5, 0.6) is 5.75 Å². The van der Waals surface area contributed by atoms with Crippen molar-refractivity contribution in [3.8, 4) is 5.75 Å². The van der Waals surface area contributed by atoms with Gasteiger partial charge in [0.25, 0.3) is 0 Å². The molecule has 0 radical (unpaired) electrons. The monoisotopic (exact) mass is 324 g/mol. The third kappa shape index (κ3) is 4.85. The first-order valence-corrected chi connectivity index (χ1v) is 9.05. The third-order valence-electron chi connectivity index (χ3n) is 4.70. The predicted molar refractivity (Wildman–Crippen MR) is 98.7 cm³/mol. The molecule has 1 aliphatic heterocycles. The maximum absolute atomic E-state index is 6.15. The number of rotatable bonds is 5. The lowest BCUT2D eigenvalue weighted by atomic mass is 10.0. The van der Waals surface area contributed by atoms with Gasteiger partial charge < -0.3 is 9.47 Å². The van der Waals surface area contributed by atoms with Crippen molar-refractivity contribution < 1.29 is 9.47 Å². The van der Waals surface area contributed by atoms with Gasteiger partial charge in [-0.15, -0.1) is 0 Å². The Bertz CT molecular complexity index is 620. The van der Waals surface area contributed by atoms with Gasteiger partial charge in [0.05, 0.1) is 12.2 Å². The Labute approximate surface area is 145 Å². The third-order valence-corrected chi connectivity index (χ3v) is 4.70. The lowest BCUT2D eigenvalue weighted by Crippen LogP contribution is -2.35. The maximum atomic E-state index is 6.15. The Morgan fingerprint density at radius 1 is 0.833 bits per heavy atom. The summed E-state index contributed by atoms with van der Waals surface area (Å²) < 4.78 is 11.9. The molecule has 2 aromatic rings. The quantitative estimate of drug-likeness (QED) is 0.760. The van der Waals surface area contributed by atoms with Crippen LogP contribution >= 0.6 is 0 Å². The zero-order chi connectivity index (χ0) is 16.9. The molecule has 0 N–H and O–H groups in total. The number of hydrogen-bond acceptors (Lipinski definition) is 2. The number of benzene rings is 2. The molecule has 1 saturated heterocycles. The molecule has 128 valence electrons. The van der Waals surface area contributed by atoms with E-state index in [1.165, 1.54) is 16.7 Å². The molecule has 2 unspecified atom stereocenters. The van der Waals surface area contributed by atoms with Crippen LogP contribution in [0.1, 0.15) is 43.4 Å². The maximum Gasteiger partial charge on any atom is 0.119 e. The van der Waals surface area contributed by atoms with Gasteiger partial charge in [-0.3, -0.25) is 0 Å². The highest BCUT2D eigenvalue weighted by Crippen LogP contribution is 2.24. The van der Waals surface area contributed by atoms with E-state index >= 15 is 0 Å². The van der Waals surface area contributed by atoms with Crippen molar-refractivity contribution in [2.45, 2.75) is 64.8 Å². The van der Waals surface area contributed by atoms with Gasteiger partial charge in [-0.25, -0.2) is 0 Å². The average molecular weight is 324 g/mol. The van der Waals surface area contributed by atoms with E-state index in [1.54, 1.807) is 0 Å². The first-order valence-electron chi connectivity index (χ1n) is 9.05. The van der Waals surface area contributed by atoms with Gasteiger partial charge in [0.2, 0.25) is 0 Å². The first-order chi connectivity index (χ1) is 11.6. The Balaban J connectivity index is 1.52. The van der Waals surface area contributed by atoms with Crippen LogP contribution in [0, 0.1) is 6.92 Å². The van der Waals surface area contributed by atoms with Crippen LogP contribution in [0.2, 0.25) is 0 Å². The van der Waals surface area contributed by atoms with E-state index in [2.05, 4.69) is 69.3 Å². The Kier molecular flexibility index (Phi) is 5.57. The first kappa shape index (κ1) is 17.0. The molecule has 0 aliphatic carbocycles. The molecule has 2 aromatic carbocycles. The van der Waals surface area contributed by atoms with Crippen LogP contribution < -0.4 is 4.74 Å². The SMILES string of the molecule is Cc1ccc(CCc2ccc(OC3CC(C)OC(C)C3)cc2)cc1. The number of hydrogen-bond donors (Lipinski definition) is 0. The van der Waals surface area contributed by atoms with Crippen molar-refractivity contribution in [3.63, 3.8) is 0 Å². The summed E-state index contributed by atoms with van der Waals surface area (Å²) in [4.78, 5) is 0. The lowest BCUT2D eigenvalue weighted by Gasteiger charge is -2.32. The van der Waals surface area contributed by atoms with Crippen LogP contribution in [-0.4, -0.2) is 18.3 Å². The second kappa shape index (κ2) is 7.85. The van der Waals surface area contributed by atoms with Crippen molar-refractivity contribution >= 4 is 0 Å². The summed E-state index contributed by atoms with van der Waals surface area (Å²) in [5.74, 6) is 0.973. The molecule has 24 heavy (non-hydrogen) atoms. The van der Waals surface area contributed by atoms with Crippen molar-refractivity contribution in [1.29, 1.82) is 0 Å². The fraction of sp³-hybridized carbons (Fsp3) is 0.455. The van der Waals surface area contributed by atoms with Gasteiger partial charge in [-0.05, 0) is 56.9 Å². The Hall–Kier alpha value is -1.80. The molecule has 2 nitrogen and oxygen atoms in total. The molecule has 0 aromatic heterocycles. The summed E-state index contributed by atoms with van der Waals surface area (Å²) in [6.45, 7) is 6.38. The topological polar surface area (TPSA) is 18.5 Å². The fourth-order valence-corrected chi connectivity index (χ4v) is 3.41. The zero-order valence-electron chi connectivity index (χ0n) is 15.0. The zero-order valence-corrected chi connectivity index (χ0v) is 15.0. The van der Waals surface area contributed by atoms with Gasteiger partial charge in [0.1, 0.15) is 11.9 Å². The minimum Gasteiger partial charge on any atom is -0.490 e. The molecule has 0 spiro atoms. The molecule has 2 atom stereocenters. The summed E-state index contributed by atoms with van der Waals surface area (Å²) in [6.07, 6.45) is 4.92. The van der Waals surface area contributed by atoms with Crippen LogP contribution in [-0.2, 0) is 17.6 Å². The average Bonchev–Trinajstić information content (AvgIpc) is 2.55. The number of ether oxygens (including phenoxy) is 2. The lowest BCUT2D eigenvalue weighted by molar-refractivity contribution is -0.0721. The van der Waals surface area contributed by atoms with Crippen molar-refractivity contribution in [2.75, 3.05) is 0 Å². The van der Waals surface area contributed by atoms with E-state index in [-0.39, 0.29) is 18.3 Å². The van der Waals surface area contributed by atoms with E-state index in [0.717, 1.165) is 31.4 Å². The fourth-order valence-electron chi connectivity index (χ4n) is 3.41. The summed E-state index contributed by atoms with van der Waals surface area (Å²) in [7, 11) is 0. The molecular weight excluding hydrogens is 296 g/mol. The Morgan fingerprint density at radius 3 is 1.88 bits per heavy atom. The molecule has 1 aliphatic rings. The molecule has 0 saturated carbocycles. The second-order valence-corrected chi connectivity index (χ2v) is 7.10. The largest absolute Gasteiger partial charge is 0.490 e. The van der Waals surface area contributed by atoms with Crippen LogP contribution in [0.4, 0.5) is 0 Å². The molecule has 3 rings (SSSR count). The van der Waals surface area contributed by atoms with E-state index in [1.807, 2.05) is 0 Å². The van der Waals surface area contributed by atoms with Crippen molar-refractivity contribution in [2.24, 2.45) is 0 Å². The van der Waals surface area contributed by atoms with E-state index in [4.69, 9.17) is 9.47 Å². The van der Waals surface area contributed by atoms with Gasteiger partial charge in [0, 0.05) is 12.8 Å². The minimum absolute atomic E-state index is 0.266. The summed E-state index contributed by atoms with van der Waals surface area (Å²) in [5, 5.41) is 0. The van der Waals surface area contributed by atoms with Crippen LogP contribution in [0.25, 0.3) is 0 Å². The molecule has 1 heterocycles. The molecule has 1 fully saturated rings. The van der Waals surface area contributed by atoms with Crippen molar-refractivity contribution in [1.82, 2.24) is 0 Å². The van der Waals surface area contributed by atoms with Crippen molar-refractivity contribution in [3.05, 3.63) is 65.2 Å². The molecule has 0 bridgehead atoms. The molecule has 2 heteroatoms. The minimum atomic E-state index is 0.266. The Morgan fingerprint density at radius 2 is 1.33 bits per heavy atom. The van der Waals surface area contributed by atoms with E-state index < -0.39 is 0 Å². The smallest absolute Gasteiger partial charge is 0.119 e. The van der Waals surface area contributed by atoms with Crippen LogP contribution in [0.3, 0.4) is 0 Å². The molecule has 0 amide bonds. The van der Waals surface area contributed by atoms with Gasteiger partial charge in [0.15, 0.2) is 0 Å². The highest BCUT2D eigenvalue weighted by molar-refractivity contribution is 5.29. The highest BCUT2D eigenvalue weighted by Gasteiger charge is 2.25. The van der Waals surface area contributed by atoms with E-state index in [9.17, 15) is 0 Å². The molecular formula is C22H28O2. The summed E-state index contributed by atoms with van der Waals surface area (Å²) in [5.41, 5.74) is 4.07. The van der Waals surface area contributed by atoms with Crippen LogP contribution in [0.15, 0.2) is 48.5 Å². The van der Waals surface area contributed by atoms with E-state index in [0.29, 0.717) is 0 Å².